The van der Waals surface area contributed by atoms with Gasteiger partial charge in [0.25, 0.3) is 0 Å². The molecule has 1 aromatic carbocycles. The van der Waals surface area contributed by atoms with Crippen LogP contribution in [0.25, 0.3) is 6.08 Å². The first kappa shape index (κ1) is 16.4. The molecule has 0 bridgehead atoms. The first-order valence-corrected chi connectivity index (χ1v) is 8.66. The summed E-state index contributed by atoms with van der Waals surface area (Å²) >= 11 is 1.53. The van der Waals surface area contributed by atoms with Crippen LogP contribution in [0.15, 0.2) is 35.8 Å². The molecule has 1 aliphatic rings. The van der Waals surface area contributed by atoms with Crippen molar-refractivity contribution < 1.29 is 9.59 Å². The van der Waals surface area contributed by atoms with E-state index >= 15 is 0 Å². The van der Waals surface area contributed by atoms with Gasteiger partial charge in [-0.1, -0.05) is 24.3 Å². The van der Waals surface area contributed by atoms with E-state index in [4.69, 9.17) is 0 Å². The van der Waals surface area contributed by atoms with Gasteiger partial charge in [-0.3, -0.25) is 9.59 Å². The Bertz CT molecular complexity index is 797. The Hall–Kier alpha value is -2.47. The molecular formula is C18H19N3O2S. The second-order valence-corrected chi connectivity index (χ2v) is 6.69. The van der Waals surface area contributed by atoms with Crippen LogP contribution in [0, 0.1) is 6.92 Å². The number of nitrogens with one attached hydrogen (secondary N) is 1. The Morgan fingerprint density at radius 3 is 2.83 bits per heavy atom. The van der Waals surface area contributed by atoms with Crippen molar-refractivity contribution in [2.24, 2.45) is 0 Å². The van der Waals surface area contributed by atoms with Crippen molar-refractivity contribution >= 4 is 29.2 Å². The predicted molar refractivity (Wildman–Crippen MR) is 94.1 cm³/mol. The van der Waals surface area contributed by atoms with Crippen molar-refractivity contribution in [3.63, 3.8) is 0 Å². The van der Waals surface area contributed by atoms with Gasteiger partial charge in [0.05, 0.1) is 19.0 Å². The molecule has 3 rings (SSSR count). The van der Waals surface area contributed by atoms with Crippen molar-refractivity contribution in [1.29, 1.82) is 0 Å². The quantitative estimate of drug-likeness (QED) is 0.930. The first-order chi connectivity index (χ1) is 11.5. The van der Waals surface area contributed by atoms with Crippen molar-refractivity contribution in [2.45, 2.75) is 32.9 Å². The summed E-state index contributed by atoms with van der Waals surface area (Å²) < 4.78 is 0. The molecule has 1 N–H and O–H groups in total. The lowest BCUT2D eigenvalue weighted by atomic mass is 9.93. The number of aryl methyl sites for hydroxylation is 1. The van der Waals surface area contributed by atoms with Gasteiger partial charge in [-0.2, -0.15) is 0 Å². The summed E-state index contributed by atoms with van der Waals surface area (Å²) in [5.74, 6) is -0.168. The number of benzene rings is 1. The Labute approximate surface area is 145 Å². The SMILES string of the molecule is CC(=O)N1C=Cc2ccccc2[C@H]1CC(=O)NCc1nc(C)cs1. The van der Waals surface area contributed by atoms with E-state index in [1.54, 1.807) is 11.1 Å². The molecule has 1 atom stereocenters. The van der Waals surface area contributed by atoms with Gasteiger partial charge < -0.3 is 10.2 Å². The summed E-state index contributed by atoms with van der Waals surface area (Å²) in [5.41, 5.74) is 3.00. The molecule has 5 nitrogen and oxygen atoms in total. The van der Waals surface area contributed by atoms with Crippen LogP contribution >= 0.6 is 11.3 Å². The molecule has 1 aliphatic heterocycles. The Morgan fingerprint density at radius 1 is 1.33 bits per heavy atom. The summed E-state index contributed by atoms with van der Waals surface area (Å²) in [6.45, 7) is 3.86. The molecule has 0 fully saturated rings. The van der Waals surface area contributed by atoms with E-state index < -0.39 is 0 Å². The minimum absolute atomic E-state index is 0.0749. The maximum atomic E-state index is 12.4. The van der Waals surface area contributed by atoms with E-state index in [1.165, 1.54) is 18.3 Å². The number of hydrogen-bond donors (Lipinski definition) is 1. The Balaban J connectivity index is 1.72. The average Bonchev–Trinajstić information content (AvgIpc) is 2.98. The van der Waals surface area contributed by atoms with Gasteiger partial charge in [-0.25, -0.2) is 4.98 Å². The third kappa shape index (κ3) is 3.54. The van der Waals surface area contributed by atoms with E-state index in [2.05, 4.69) is 10.3 Å². The van der Waals surface area contributed by atoms with Gasteiger partial charge in [0.2, 0.25) is 11.8 Å². The number of amides is 2. The molecule has 0 saturated heterocycles. The second kappa shape index (κ2) is 6.97. The van der Waals surface area contributed by atoms with Gasteiger partial charge in [0, 0.05) is 24.2 Å². The third-order valence-electron chi connectivity index (χ3n) is 3.95. The molecule has 6 heteroatoms. The number of aromatic nitrogens is 1. The van der Waals surface area contributed by atoms with Crippen molar-refractivity contribution in [1.82, 2.24) is 15.2 Å². The molecular weight excluding hydrogens is 322 g/mol. The molecule has 0 saturated carbocycles. The largest absolute Gasteiger partial charge is 0.350 e. The van der Waals surface area contributed by atoms with Crippen LogP contribution in [-0.2, 0) is 16.1 Å². The summed E-state index contributed by atoms with van der Waals surface area (Å²) in [4.78, 5) is 30.2. The minimum atomic E-state index is -0.276. The summed E-state index contributed by atoms with van der Waals surface area (Å²) in [6, 6.07) is 7.57. The van der Waals surface area contributed by atoms with E-state index in [1.807, 2.05) is 42.6 Å². The van der Waals surface area contributed by atoms with Gasteiger partial charge in [0.15, 0.2) is 0 Å². The van der Waals surface area contributed by atoms with Crippen LogP contribution in [-0.4, -0.2) is 21.7 Å². The van der Waals surface area contributed by atoms with Gasteiger partial charge >= 0.3 is 0 Å². The van der Waals surface area contributed by atoms with Gasteiger partial charge in [-0.05, 0) is 24.1 Å². The molecule has 0 radical (unpaired) electrons. The highest BCUT2D eigenvalue weighted by Gasteiger charge is 2.28. The summed E-state index contributed by atoms with van der Waals surface area (Å²) in [7, 11) is 0. The second-order valence-electron chi connectivity index (χ2n) is 5.75. The molecule has 2 heterocycles. The van der Waals surface area contributed by atoms with Crippen LogP contribution in [0.3, 0.4) is 0 Å². The fraction of sp³-hybridized carbons (Fsp3) is 0.278. The predicted octanol–water partition coefficient (Wildman–Crippen LogP) is 3.03. The van der Waals surface area contributed by atoms with Crippen LogP contribution in [0.2, 0.25) is 0 Å². The number of rotatable bonds is 4. The molecule has 24 heavy (non-hydrogen) atoms. The topological polar surface area (TPSA) is 62.3 Å². The Morgan fingerprint density at radius 2 is 2.12 bits per heavy atom. The first-order valence-electron chi connectivity index (χ1n) is 7.78. The highest BCUT2D eigenvalue weighted by molar-refractivity contribution is 7.09. The lowest BCUT2D eigenvalue weighted by Gasteiger charge is -2.32. The zero-order valence-corrected chi connectivity index (χ0v) is 14.5. The number of fused-ring (bicyclic) bond motifs is 1. The average molecular weight is 341 g/mol. The van der Waals surface area contributed by atoms with Crippen molar-refractivity contribution in [3.8, 4) is 0 Å². The molecule has 124 valence electrons. The maximum Gasteiger partial charge on any atom is 0.223 e. The third-order valence-corrected chi connectivity index (χ3v) is 4.92. The lowest BCUT2D eigenvalue weighted by molar-refractivity contribution is -0.130. The minimum Gasteiger partial charge on any atom is -0.350 e. The molecule has 0 aliphatic carbocycles. The highest BCUT2D eigenvalue weighted by atomic mass is 32.1. The molecule has 2 amide bonds. The van der Waals surface area contributed by atoms with E-state index in [0.29, 0.717) is 6.54 Å². The van der Waals surface area contributed by atoms with Crippen LogP contribution < -0.4 is 5.32 Å². The van der Waals surface area contributed by atoms with Crippen LogP contribution in [0.5, 0.6) is 0 Å². The summed E-state index contributed by atoms with van der Waals surface area (Å²) in [6.07, 6.45) is 3.89. The van der Waals surface area contributed by atoms with Gasteiger partial charge in [0.1, 0.15) is 5.01 Å². The fourth-order valence-corrected chi connectivity index (χ4v) is 3.53. The monoisotopic (exact) mass is 341 g/mol. The number of hydrogen-bond acceptors (Lipinski definition) is 4. The molecule has 0 unspecified atom stereocenters. The number of thiazole rings is 1. The Kier molecular flexibility index (Phi) is 4.76. The van der Waals surface area contributed by atoms with Crippen molar-refractivity contribution in [2.75, 3.05) is 0 Å². The van der Waals surface area contributed by atoms with E-state index in [-0.39, 0.29) is 24.3 Å². The molecule has 2 aromatic rings. The maximum absolute atomic E-state index is 12.4. The van der Waals surface area contributed by atoms with E-state index in [0.717, 1.165) is 21.8 Å². The van der Waals surface area contributed by atoms with E-state index in [9.17, 15) is 9.59 Å². The zero-order chi connectivity index (χ0) is 17.1. The number of carbonyl (C=O) groups excluding carboxylic acids is 2. The van der Waals surface area contributed by atoms with Gasteiger partial charge in [-0.15, -0.1) is 11.3 Å². The number of nitrogens with zero attached hydrogens (tertiary/aromatic N) is 2. The lowest BCUT2D eigenvalue weighted by Crippen LogP contribution is -2.35. The fourth-order valence-electron chi connectivity index (χ4n) is 2.82. The standard InChI is InChI=1S/C18H19N3O2S/c1-12-11-24-18(20-12)10-19-17(23)9-16-15-6-4-3-5-14(15)7-8-21(16)13(2)22/h3-8,11,16H,9-10H2,1-2H3,(H,19,23)/t16-/m1/s1. The molecule has 0 spiro atoms. The smallest absolute Gasteiger partial charge is 0.223 e. The number of carbonyl (C=O) groups is 2. The summed E-state index contributed by atoms with van der Waals surface area (Å²) in [5, 5.41) is 5.74. The van der Waals surface area contributed by atoms with Crippen LogP contribution in [0.4, 0.5) is 0 Å². The van der Waals surface area contributed by atoms with Crippen LogP contribution in [0.1, 0.15) is 41.2 Å². The zero-order valence-electron chi connectivity index (χ0n) is 13.7. The van der Waals surface area contributed by atoms with Crippen molar-refractivity contribution in [3.05, 3.63) is 57.7 Å². The normalized spacial score (nSPS) is 15.9. The molecule has 1 aromatic heterocycles. The highest BCUT2D eigenvalue weighted by Crippen LogP contribution is 2.32.